The summed E-state index contributed by atoms with van der Waals surface area (Å²) in [7, 11) is 0. The number of thioether (sulfide) groups is 1. The molecule has 23 heavy (non-hydrogen) atoms. The molecule has 1 saturated heterocycles. The Morgan fingerprint density at radius 1 is 1.26 bits per heavy atom. The number of benzene rings is 1. The fourth-order valence-corrected chi connectivity index (χ4v) is 3.35. The summed E-state index contributed by atoms with van der Waals surface area (Å²) >= 11 is 1.42. The van der Waals surface area contributed by atoms with Crippen molar-refractivity contribution in [1.29, 1.82) is 5.26 Å². The van der Waals surface area contributed by atoms with E-state index in [0.29, 0.717) is 5.03 Å². The van der Waals surface area contributed by atoms with Crippen LogP contribution in [0.3, 0.4) is 0 Å². The summed E-state index contributed by atoms with van der Waals surface area (Å²) in [6, 6.07) is 12.3. The Labute approximate surface area is 141 Å². The zero-order chi connectivity index (χ0) is 16.7. The second-order valence-corrected chi connectivity index (χ2v) is 5.82. The highest BCUT2D eigenvalue weighted by Gasteiger charge is 2.24. The van der Waals surface area contributed by atoms with Crippen molar-refractivity contribution in [2.24, 2.45) is 0 Å². The Kier molecular flexibility index (Phi) is 6.36. The van der Waals surface area contributed by atoms with Crippen molar-refractivity contribution in [1.82, 2.24) is 4.90 Å². The summed E-state index contributed by atoms with van der Waals surface area (Å²) < 4.78 is 4.99. The van der Waals surface area contributed by atoms with Gasteiger partial charge in [-0.3, -0.25) is 0 Å². The number of piperazine rings is 1. The third-order valence-electron chi connectivity index (χ3n) is 3.69. The lowest BCUT2D eigenvalue weighted by atomic mass is 10.2. The average Bonchev–Trinajstić information content (AvgIpc) is 2.60. The summed E-state index contributed by atoms with van der Waals surface area (Å²) in [6.45, 7) is 5.27. The molecule has 0 saturated carbocycles. The van der Waals surface area contributed by atoms with E-state index in [2.05, 4.69) is 21.9 Å². The highest BCUT2D eigenvalue weighted by molar-refractivity contribution is 8.02. The molecule has 1 aliphatic rings. The molecule has 0 radical (unpaired) electrons. The van der Waals surface area contributed by atoms with Crippen LogP contribution in [0, 0.1) is 11.3 Å². The second kappa shape index (κ2) is 8.49. The van der Waals surface area contributed by atoms with Gasteiger partial charge < -0.3 is 14.5 Å². The molecule has 0 N–H and O–H groups in total. The molecule has 0 aliphatic carbocycles. The number of ether oxygens (including phenoxy) is 1. The molecule has 1 fully saturated rings. The summed E-state index contributed by atoms with van der Waals surface area (Å²) in [4.78, 5) is 16.4. The van der Waals surface area contributed by atoms with E-state index in [-0.39, 0.29) is 12.2 Å². The number of nitrogens with zero attached hydrogens (tertiary/aromatic N) is 3. The topological polar surface area (TPSA) is 56.6 Å². The van der Waals surface area contributed by atoms with Crippen LogP contribution in [-0.4, -0.2) is 49.9 Å². The van der Waals surface area contributed by atoms with E-state index in [1.807, 2.05) is 30.5 Å². The molecule has 0 atom stereocenters. The van der Waals surface area contributed by atoms with Crippen LogP contribution in [-0.2, 0) is 9.53 Å². The standard InChI is InChI=1S/C17H21N3O2S/c1-3-22-17(21)15(13-18)16(23-2)20-11-9-19(10-12-20)14-7-5-4-6-8-14/h4-8H,3,9-12H2,1-2H3/b16-15-. The molecule has 6 heteroatoms. The van der Waals surface area contributed by atoms with Gasteiger partial charge in [0, 0.05) is 31.9 Å². The number of carbonyl (C=O) groups excluding carboxylic acids is 1. The molecule has 0 unspecified atom stereocenters. The Morgan fingerprint density at radius 2 is 1.91 bits per heavy atom. The van der Waals surface area contributed by atoms with Crippen LogP contribution < -0.4 is 4.90 Å². The van der Waals surface area contributed by atoms with Gasteiger partial charge in [-0.1, -0.05) is 18.2 Å². The number of rotatable bonds is 5. The summed E-state index contributed by atoms with van der Waals surface area (Å²) in [5.41, 5.74) is 1.31. The summed E-state index contributed by atoms with van der Waals surface area (Å²) in [5.74, 6) is -0.537. The predicted octanol–water partition coefficient (Wildman–Crippen LogP) is 2.47. The van der Waals surface area contributed by atoms with Gasteiger partial charge >= 0.3 is 5.97 Å². The quantitative estimate of drug-likeness (QED) is 0.469. The van der Waals surface area contributed by atoms with E-state index < -0.39 is 5.97 Å². The molecule has 1 aromatic carbocycles. The van der Waals surface area contributed by atoms with Crippen LogP contribution in [0.25, 0.3) is 0 Å². The first-order valence-corrected chi connectivity index (χ1v) is 8.84. The van der Waals surface area contributed by atoms with Crippen LogP contribution in [0.5, 0.6) is 0 Å². The van der Waals surface area contributed by atoms with Crippen LogP contribution in [0.1, 0.15) is 6.92 Å². The number of esters is 1. The van der Waals surface area contributed by atoms with Gasteiger partial charge in [-0.05, 0) is 25.3 Å². The number of hydrogen-bond donors (Lipinski definition) is 0. The van der Waals surface area contributed by atoms with Crippen molar-refractivity contribution in [3.63, 3.8) is 0 Å². The minimum absolute atomic E-state index is 0.104. The number of hydrogen-bond acceptors (Lipinski definition) is 6. The molecule has 0 spiro atoms. The Bertz CT molecular complexity index is 602. The SMILES string of the molecule is CCOC(=O)/C(C#N)=C(\SC)N1CCN(c2ccccc2)CC1. The van der Waals surface area contributed by atoms with Crippen LogP contribution in [0.4, 0.5) is 5.69 Å². The number of anilines is 1. The van der Waals surface area contributed by atoms with Crippen molar-refractivity contribution in [3.8, 4) is 6.07 Å². The monoisotopic (exact) mass is 331 g/mol. The number of nitriles is 1. The number of carbonyl (C=O) groups is 1. The van der Waals surface area contributed by atoms with Crippen LogP contribution in [0.2, 0.25) is 0 Å². The molecule has 1 aliphatic heterocycles. The average molecular weight is 331 g/mol. The normalized spacial score (nSPS) is 15.7. The maximum Gasteiger partial charge on any atom is 0.351 e. The minimum atomic E-state index is -0.537. The van der Waals surface area contributed by atoms with Gasteiger partial charge in [0.1, 0.15) is 6.07 Å². The molecule has 0 aromatic heterocycles. The summed E-state index contributed by atoms with van der Waals surface area (Å²) in [6.07, 6.45) is 1.88. The molecule has 2 rings (SSSR count). The molecular formula is C17H21N3O2S. The minimum Gasteiger partial charge on any atom is -0.462 e. The Morgan fingerprint density at radius 3 is 2.43 bits per heavy atom. The van der Waals surface area contributed by atoms with Gasteiger partial charge in [0.05, 0.1) is 11.6 Å². The third-order valence-corrected chi connectivity index (χ3v) is 4.54. The molecule has 0 amide bonds. The van der Waals surface area contributed by atoms with E-state index in [9.17, 15) is 10.1 Å². The fourth-order valence-electron chi connectivity index (χ4n) is 2.58. The van der Waals surface area contributed by atoms with E-state index in [0.717, 1.165) is 26.2 Å². The van der Waals surface area contributed by atoms with Gasteiger partial charge in [0.25, 0.3) is 0 Å². The third kappa shape index (κ3) is 4.20. The van der Waals surface area contributed by atoms with Crippen molar-refractivity contribution < 1.29 is 9.53 Å². The van der Waals surface area contributed by atoms with Crippen molar-refractivity contribution in [2.75, 3.05) is 43.9 Å². The largest absolute Gasteiger partial charge is 0.462 e. The first-order valence-electron chi connectivity index (χ1n) is 7.61. The molecular weight excluding hydrogens is 310 g/mol. The first-order chi connectivity index (χ1) is 11.2. The highest BCUT2D eigenvalue weighted by Crippen LogP contribution is 2.25. The van der Waals surface area contributed by atoms with Gasteiger partial charge in [0.2, 0.25) is 0 Å². The lowest BCUT2D eigenvalue weighted by molar-refractivity contribution is -0.138. The lowest BCUT2D eigenvalue weighted by Crippen LogP contribution is -2.46. The van der Waals surface area contributed by atoms with Gasteiger partial charge in [-0.15, -0.1) is 11.8 Å². The lowest BCUT2D eigenvalue weighted by Gasteiger charge is -2.38. The van der Waals surface area contributed by atoms with Crippen LogP contribution in [0.15, 0.2) is 40.9 Å². The van der Waals surface area contributed by atoms with E-state index in [4.69, 9.17) is 4.74 Å². The zero-order valence-corrected chi connectivity index (χ0v) is 14.3. The zero-order valence-electron chi connectivity index (χ0n) is 13.5. The van der Waals surface area contributed by atoms with Crippen LogP contribution >= 0.6 is 11.8 Å². The fraction of sp³-hybridized carbons (Fsp3) is 0.412. The van der Waals surface area contributed by atoms with E-state index in [1.54, 1.807) is 6.92 Å². The van der Waals surface area contributed by atoms with Gasteiger partial charge in [-0.25, -0.2) is 4.79 Å². The first kappa shape index (κ1) is 17.2. The summed E-state index contributed by atoms with van der Waals surface area (Å²) in [5, 5.41) is 10.0. The molecule has 122 valence electrons. The highest BCUT2D eigenvalue weighted by atomic mass is 32.2. The maximum absolute atomic E-state index is 12.0. The molecule has 1 aromatic rings. The number of para-hydroxylation sites is 1. The Hall–Kier alpha value is -2.13. The maximum atomic E-state index is 12.0. The molecule has 1 heterocycles. The van der Waals surface area contributed by atoms with Gasteiger partial charge in [-0.2, -0.15) is 5.26 Å². The van der Waals surface area contributed by atoms with Gasteiger partial charge in [0.15, 0.2) is 5.57 Å². The molecule has 5 nitrogen and oxygen atoms in total. The van der Waals surface area contributed by atoms with Crippen molar-refractivity contribution in [3.05, 3.63) is 40.9 Å². The second-order valence-electron chi connectivity index (χ2n) is 5.03. The smallest absolute Gasteiger partial charge is 0.351 e. The van der Waals surface area contributed by atoms with Crippen molar-refractivity contribution >= 4 is 23.4 Å². The van der Waals surface area contributed by atoms with Crippen molar-refractivity contribution in [2.45, 2.75) is 6.92 Å². The van der Waals surface area contributed by atoms with E-state index in [1.165, 1.54) is 17.4 Å². The molecule has 0 bridgehead atoms. The van der Waals surface area contributed by atoms with E-state index >= 15 is 0 Å². The predicted molar refractivity (Wildman–Crippen MR) is 93.0 cm³/mol. The Balaban J connectivity index is 2.10.